The predicted molar refractivity (Wildman–Crippen MR) is 95.7 cm³/mol. The van der Waals surface area contributed by atoms with Crippen LogP contribution in [0.2, 0.25) is 0 Å². The number of aliphatic carboxylic acids is 2. The van der Waals surface area contributed by atoms with E-state index in [1.165, 1.54) is 0 Å². The summed E-state index contributed by atoms with van der Waals surface area (Å²) in [5.41, 5.74) is 15.6. The minimum Gasteiger partial charge on any atom is -0.481 e. The number of carbonyl (C=O) groups is 5. The second-order valence-electron chi connectivity index (χ2n) is 5.55. The zero-order chi connectivity index (χ0) is 21.7. The van der Waals surface area contributed by atoms with Crippen LogP contribution in [0.25, 0.3) is 0 Å². The van der Waals surface area contributed by atoms with Crippen molar-refractivity contribution in [2.75, 3.05) is 19.6 Å². The molecule has 0 aliphatic carbocycles. The summed E-state index contributed by atoms with van der Waals surface area (Å²) >= 11 is 0. The second-order valence-corrected chi connectivity index (χ2v) is 5.55. The number of carboxylic acid groups (broad SMARTS) is 2. The Morgan fingerprint density at radius 3 is 2.07 bits per heavy atom. The molecule has 28 heavy (non-hydrogen) atoms. The molecule has 0 aromatic carbocycles. The number of nitrogens with zero attached hydrogens (tertiary/aromatic N) is 1. The number of amides is 3. The van der Waals surface area contributed by atoms with Crippen LogP contribution in [-0.4, -0.2) is 77.6 Å². The van der Waals surface area contributed by atoms with Gasteiger partial charge in [-0.2, -0.15) is 0 Å². The molecule has 0 rings (SSSR count). The van der Waals surface area contributed by atoms with E-state index in [1.54, 1.807) is 0 Å². The lowest BCUT2D eigenvalue weighted by molar-refractivity contribution is -0.147. The van der Waals surface area contributed by atoms with Crippen LogP contribution in [0.4, 0.5) is 0 Å². The van der Waals surface area contributed by atoms with Gasteiger partial charge in [0.2, 0.25) is 17.7 Å². The quantitative estimate of drug-likeness (QED) is 0.0832. The Labute approximate surface area is 159 Å². The van der Waals surface area contributed by atoms with Crippen molar-refractivity contribution >= 4 is 35.6 Å². The predicted octanol–water partition coefficient (Wildman–Crippen LogP) is -4.36. The molecule has 2 atom stereocenters. The summed E-state index contributed by atoms with van der Waals surface area (Å²) in [7, 11) is 0. The topological polar surface area (TPSA) is 252 Å². The van der Waals surface area contributed by atoms with Crippen molar-refractivity contribution in [1.29, 1.82) is 0 Å². The molecular formula is C14H25N7O7. The standard InChI is InChI=1S/C14H25N7O7/c15-5-9(22)20-7(2-1-3-18-14(16)17)12(26)19-6-10(23)21-8(13(27)28)4-11(24)25/h7-8H,1-6,15H2,(H,19,26)(H,20,22)(H,21,23)(H,24,25)(H,27,28)(H4,16,17,18)/t7-,8+/m0/s1. The Bertz CT molecular complexity index is 619. The van der Waals surface area contributed by atoms with Gasteiger partial charge in [-0.25, -0.2) is 4.79 Å². The van der Waals surface area contributed by atoms with E-state index in [1.807, 2.05) is 5.32 Å². The molecule has 14 heteroatoms. The van der Waals surface area contributed by atoms with Gasteiger partial charge in [-0.3, -0.25) is 24.2 Å². The zero-order valence-electron chi connectivity index (χ0n) is 15.0. The van der Waals surface area contributed by atoms with E-state index in [0.717, 1.165) is 0 Å². The van der Waals surface area contributed by atoms with Crippen molar-refractivity contribution in [1.82, 2.24) is 16.0 Å². The van der Waals surface area contributed by atoms with Gasteiger partial charge in [-0.1, -0.05) is 0 Å². The number of carboxylic acids is 2. The Hall–Kier alpha value is -3.42. The first-order valence-electron chi connectivity index (χ1n) is 8.13. The molecule has 0 aliphatic heterocycles. The van der Waals surface area contributed by atoms with Crippen molar-refractivity contribution in [2.24, 2.45) is 22.2 Å². The largest absolute Gasteiger partial charge is 0.481 e. The van der Waals surface area contributed by atoms with Gasteiger partial charge in [0.15, 0.2) is 5.96 Å². The normalized spacial score (nSPS) is 12.2. The van der Waals surface area contributed by atoms with Crippen LogP contribution in [0.15, 0.2) is 4.99 Å². The molecule has 3 amide bonds. The highest BCUT2D eigenvalue weighted by Gasteiger charge is 2.24. The van der Waals surface area contributed by atoms with Crippen molar-refractivity contribution < 1.29 is 34.2 Å². The van der Waals surface area contributed by atoms with Gasteiger partial charge < -0.3 is 43.4 Å². The van der Waals surface area contributed by atoms with Crippen LogP contribution in [0.3, 0.4) is 0 Å². The summed E-state index contributed by atoms with van der Waals surface area (Å²) in [5, 5.41) is 24.1. The van der Waals surface area contributed by atoms with Crippen LogP contribution >= 0.6 is 0 Å². The average molecular weight is 403 g/mol. The summed E-state index contributed by atoms with van der Waals surface area (Å²) in [6, 6.07) is -2.67. The van der Waals surface area contributed by atoms with Gasteiger partial charge in [0.1, 0.15) is 12.1 Å². The maximum Gasteiger partial charge on any atom is 0.326 e. The lowest BCUT2D eigenvalue weighted by atomic mass is 10.1. The minimum absolute atomic E-state index is 0.127. The molecule has 0 radical (unpaired) electrons. The Balaban J connectivity index is 4.70. The molecule has 11 N–H and O–H groups in total. The fourth-order valence-corrected chi connectivity index (χ4v) is 1.94. The van der Waals surface area contributed by atoms with Crippen LogP contribution in [0, 0.1) is 0 Å². The third-order valence-electron chi connectivity index (χ3n) is 3.22. The van der Waals surface area contributed by atoms with E-state index >= 15 is 0 Å². The van der Waals surface area contributed by atoms with E-state index in [2.05, 4.69) is 15.6 Å². The highest BCUT2D eigenvalue weighted by Crippen LogP contribution is 1.99. The summed E-state index contributed by atoms with van der Waals surface area (Å²) in [6.45, 7) is -0.765. The first-order valence-corrected chi connectivity index (χ1v) is 8.13. The molecular weight excluding hydrogens is 378 g/mol. The van der Waals surface area contributed by atoms with Gasteiger partial charge in [0.05, 0.1) is 19.5 Å². The molecule has 14 nitrogen and oxygen atoms in total. The van der Waals surface area contributed by atoms with Gasteiger partial charge in [-0.05, 0) is 12.8 Å². The number of guanidine groups is 1. The van der Waals surface area contributed by atoms with Gasteiger partial charge in [0, 0.05) is 6.54 Å². The summed E-state index contributed by atoms with van der Waals surface area (Å²) < 4.78 is 0. The van der Waals surface area contributed by atoms with Crippen molar-refractivity contribution in [2.45, 2.75) is 31.3 Å². The number of hydrogen-bond acceptors (Lipinski definition) is 7. The van der Waals surface area contributed by atoms with Crippen LogP contribution in [0.5, 0.6) is 0 Å². The van der Waals surface area contributed by atoms with Gasteiger partial charge >= 0.3 is 11.9 Å². The first-order chi connectivity index (χ1) is 13.1. The molecule has 0 saturated heterocycles. The van der Waals surface area contributed by atoms with Gasteiger partial charge in [0.25, 0.3) is 0 Å². The van der Waals surface area contributed by atoms with E-state index < -0.39 is 54.7 Å². The number of rotatable bonds is 13. The number of nitrogens with one attached hydrogen (secondary N) is 3. The molecule has 0 aromatic rings. The van der Waals surface area contributed by atoms with E-state index in [9.17, 15) is 24.0 Å². The van der Waals surface area contributed by atoms with E-state index in [-0.39, 0.29) is 25.5 Å². The minimum atomic E-state index is -1.64. The Morgan fingerprint density at radius 2 is 1.57 bits per heavy atom. The number of carbonyl (C=O) groups excluding carboxylic acids is 3. The first kappa shape index (κ1) is 24.6. The molecule has 0 fully saturated rings. The van der Waals surface area contributed by atoms with E-state index in [0.29, 0.717) is 6.42 Å². The molecule has 0 aliphatic rings. The Kier molecular flexibility index (Phi) is 11.3. The molecule has 0 spiro atoms. The molecule has 0 aromatic heterocycles. The lowest BCUT2D eigenvalue weighted by Crippen LogP contribution is -2.51. The fourth-order valence-electron chi connectivity index (χ4n) is 1.94. The zero-order valence-corrected chi connectivity index (χ0v) is 15.0. The molecule has 158 valence electrons. The number of hydrogen-bond donors (Lipinski definition) is 8. The fraction of sp³-hybridized carbons (Fsp3) is 0.571. The van der Waals surface area contributed by atoms with Gasteiger partial charge in [-0.15, -0.1) is 0 Å². The molecule has 0 unspecified atom stereocenters. The molecule has 0 saturated carbocycles. The monoisotopic (exact) mass is 403 g/mol. The smallest absolute Gasteiger partial charge is 0.326 e. The number of aliphatic imine (C=N–C) groups is 1. The number of nitrogens with two attached hydrogens (primary N) is 3. The summed E-state index contributed by atoms with van der Waals surface area (Å²) in [5.74, 6) is -5.30. The van der Waals surface area contributed by atoms with Crippen LogP contribution < -0.4 is 33.2 Å². The third-order valence-corrected chi connectivity index (χ3v) is 3.22. The lowest BCUT2D eigenvalue weighted by Gasteiger charge is -2.18. The van der Waals surface area contributed by atoms with Crippen LogP contribution in [0.1, 0.15) is 19.3 Å². The molecule has 0 heterocycles. The maximum atomic E-state index is 12.2. The Morgan fingerprint density at radius 1 is 0.964 bits per heavy atom. The van der Waals surface area contributed by atoms with Crippen molar-refractivity contribution in [3.8, 4) is 0 Å². The highest BCUT2D eigenvalue weighted by atomic mass is 16.4. The highest BCUT2D eigenvalue weighted by molar-refractivity contribution is 5.92. The van der Waals surface area contributed by atoms with Crippen molar-refractivity contribution in [3.05, 3.63) is 0 Å². The molecule has 0 bridgehead atoms. The summed E-state index contributed by atoms with van der Waals surface area (Å²) in [6.07, 6.45) is -0.339. The third kappa shape index (κ3) is 11.2. The SMILES string of the molecule is NCC(=O)N[C@@H](CCCN=C(N)N)C(=O)NCC(=O)N[C@H](CC(=O)O)C(=O)O. The maximum absolute atomic E-state index is 12.2. The van der Waals surface area contributed by atoms with Crippen molar-refractivity contribution in [3.63, 3.8) is 0 Å². The van der Waals surface area contributed by atoms with Crippen LogP contribution in [-0.2, 0) is 24.0 Å². The second kappa shape index (κ2) is 12.9. The van der Waals surface area contributed by atoms with E-state index in [4.69, 9.17) is 27.4 Å². The summed E-state index contributed by atoms with van der Waals surface area (Å²) in [4.78, 5) is 60.6. The average Bonchev–Trinajstić information content (AvgIpc) is 2.60.